The van der Waals surface area contributed by atoms with Gasteiger partial charge in [-0.3, -0.25) is 9.89 Å². The molecule has 1 N–H and O–H groups in total. The number of aryl methyl sites for hydroxylation is 1. The molecule has 5 nitrogen and oxygen atoms in total. The largest absolute Gasteiger partial charge is 0.432 e. The second-order valence-electron chi connectivity index (χ2n) is 6.98. The summed E-state index contributed by atoms with van der Waals surface area (Å²) in [6.45, 7) is 4.40. The topological polar surface area (TPSA) is 52.2 Å². The maximum Gasteiger partial charge on any atom is 0.432 e. The lowest BCUT2D eigenvalue weighted by Gasteiger charge is -2.26. The van der Waals surface area contributed by atoms with E-state index in [2.05, 4.69) is 10.00 Å². The van der Waals surface area contributed by atoms with Crippen LogP contribution in [0.1, 0.15) is 40.2 Å². The van der Waals surface area contributed by atoms with Crippen LogP contribution in [-0.4, -0.2) is 52.1 Å². The molecule has 1 saturated heterocycles. The molecule has 28 heavy (non-hydrogen) atoms. The molecule has 152 valence electrons. The fourth-order valence-corrected chi connectivity index (χ4v) is 3.32. The van der Waals surface area contributed by atoms with Crippen molar-refractivity contribution in [2.75, 3.05) is 26.2 Å². The smallest absolute Gasteiger partial charge is 0.332 e. The summed E-state index contributed by atoms with van der Waals surface area (Å²) in [5.74, 6) is -1.11. The first-order chi connectivity index (χ1) is 13.3. The number of halogens is 4. The lowest BCUT2D eigenvalue weighted by atomic mass is 10.1. The van der Waals surface area contributed by atoms with Crippen LogP contribution in [-0.2, 0) is 12.7 Å². The standard InChI is InChI=1S/C19H22F4N4O/c1-13-5-4-6-15(20)14(13)12-27(10-9-26-7-2-3-8-26)18(28)16-11-17(25-24-16)19(21,22)23/h4-6,11H,2-3,7-10,12H2,1H3,(H,24,25). The first-order valence-corrected chi connectivity index (χ1v) is 9.14. The molecule has 0 saturated carbocycles. The van der Waals surface area contributed by atoms with E-state index in [1.165, 1.54) is 11.0 Å². The zero-order valence-electron chi connectivity index (χ0n) is 15.5. The Hall–Kier alpha value is -2.42. The average molecular weight is 398 g/mol. The summed E-state index contributed by atoms with van der Waals surface area (Å²) < 4.78 is 52.7. The highest BCUT2D eigenvalue weighted by Crippen LogP contribution is 2.28. The minimum atomic E-state index is -4.62. The van der Waals surface area contributed by atoms with Gasteiger partial charge < -0.3 is 9.80 Å². The molecule has 0 radical (unpaired) electrons. The van der Waals surface area contributed by atoms with E-state index in [-0.39, 0.29) is 18.8 Å². The van der Waals surface area contributed by atoms with Crippen LogP contribution in [0.25, 0.3) is 0 Å². The van der Waals surface area contributed by atoms with Crippen molar-refractivity contribution in [3.63, 3.8) is 0 Å². The number of likely N-dealkylation sites (tertiary alicyclic amines) is 1. The molecule has 0 atom stereocenters. The summed E-state index contributed by atoms with van der Waals surface area (Å²) in [4.78, 5) is 16.4. The number of rotatable bonds is 6. The lowest BCUT2D eigenvalue weighted by Crippen LogP contribution is -2.38. The lowest BCUT2D eigenvalue weighted by molar-refractivity contribution is -0.141. The number of hydrogen-bond acceptors (Lipinski definition) is 3. The van der Waals surface area contributed by atoms with Crippen LogP contribution in [0.15, 0.2) is 24.3 Å². The summed E-state index contributed by atoms with van der Waals surface area (Å²) in [6.07, 6.45) is -2.46. The number of benzene rings is 1. The van der Waals surface area contributed by atoms with Gasteiger partial charge in [-0.25, -0.2) is 4.39 Å². The fourth-order valence-electron chi connectivity index (χ4n) is 3.32. The zero-order valence-corrected chi connectivity index (χ0v) is 15.5. The molecule has 1 amide bonds. The predicted molar refractivity (Wildman–Crippen MR) is 95.1 cm³/mol. The van der Waals surface area contributed by atoms with Gasteiger partial charge in [0.1, 0.15) is 11.5 Å². The Kier molecular flexibility index (Phi) is 6.02. The molecule has 0 bridgehead atoms. The van der Waals surface area contributed by atoms with Gasteiger partial charge in [0.15, 0.2) is 5.69 Å². The number of H-pyrrole nitrogens is 1. The predicted octanol–water partition coefficient (Wildman–Crippen LogP) is 3.61. The van der Waals surface area contributed by atoms with Crippen LogP contribution in [0.5, 0.6) is 0 Å². The Balaban J connectivity index is 1.82. The number of amides is 1. The Morgan fingerprint density at radius 2 is 2.00 bits per heavy atom. The van der Waals surface area contributed by atoms with E-state index in [4.69, 9.17) is 0 Å². The summed E-state index contributed by atoms with van der Waals surface area (Å²) in [5.41, 5.74) is -0.388. The molecule has 1 fully saturated rings. The number of aromatic nitrogens is 2. The Morgan fingerprint density at radius 3 is 2.61 bits per heavy atom. The van der Waals surface area contributed by atoms with Crippen LogP contribution in [0.2, 0.25) is 0 Å². The van der Waals surface area contributed by atoms with Crippen LogP contribution < -0.4 is 0 Å². The molecule has 1 aromatic heterocycles. The summed E-state index contributed by atoms with van der Waals surface area (Å²) >= 11 is 0. The second-order valence-corrected chi connectivity index (χ2v) is 6.98. The highest BCUT2D eigenvalue weighted by atomic mass is 19.4. The minimum Gasteiger partial charge on any atom is -0.332 e. The monoisotopic (exact) mass is 398 g/mol. The van der Waals surface area contributed by atoms with Gasteiger partial charge in [-0.15, -0.1) is 0 Å². The van der Waals surface area contributed by atoms with E-state index < -0.39 is 23.6 Å². The van der Waals surface area contributed by atoms with Gasteiger partial charge in [0.25, 0.3) is 5.91 Å². The molecule has 1 aromatic carbocycles. The van der Waals surface area contributed by atoms with Gasteiger partial charge in [-0.1, -0.05) is 12.1 Å². The van der Waals surface area contributed by atoms with Crippen molar-refractivity contribution in [1.29, 1.82) is 0 Å². The Morgan fingerprint density at radius 1 is 1.29 bits per heavy atom. The van der Waals surface area contributed by atoms with Crippen LogP contribution in [0.3, 0.4) is 0 Å². The van der Waals surface area contributed by atoms with Crippen molar-refractivity contribution in [2.45, 2.75) is 32.5 Å². The molecule has 0 spiro atoms. The molecule has 0 unspecified atom stereocenters. The van der Waals surface area contributed by atoms with Gasteiger partial charge in [0.05, 0.1) is 0 Å². The normalized spacial score (nSPS) is 15.2. The van der Waals surface area contributed by atoms with E-state index >= 15 is 0 Å². The third-order valence-corrected chi connectivity index (χ3v) is 4.98. The fraction of sp³-hybridized carbons (Fsp3) is 0.474. The van der Waals surface area contributed by atoms with Crippen molar-refractivity contribution in [2.24, 2.45) is 0 Å². The highest BCUT2D eigenvalue weighted by Gasteiger charge is 2.34. The summed E-state index contributed by atoms with van der Waals surface area (Å²) in [7, 11) is 0. The van der Waals surface area contributed by atoms with E-state index in [9.17, 15) is 22.4 Å². The van der Waals surface area contributed by atoms with Gasteiger partial charge in [0.2, 0.25) is 0 Å². The summed E-state index contributed by atoms with van der Waals surface area (Å²) in [5, 5.41) is 5.38. The number of carbonyl (C=O) groups is 1. The molecule has 2 heterocycles. The quantitative estimate of drug-likeness (QED) is 0.757. The number of nitrogens with one attached hydrogen (secondary N) is 1. The van der Waals surface area contributed by atoms with Gasteiger partial charge >= 0.3 is 6.18 Å². The zero-order chi connectivity index (χ0) is 20.3. The molecule has 1 aliphatic rings. The van der Waals surface area contributed by atoms with Gasteiger partial charge in [0, 0.05) is 31.3 Å². The average Bonchev–Trinajstić information content (AvgIpc) is 3.31. The van der Waals surface area contributed by atoms with E-state index in [0.717, 1.165) is 25.9 Å². The number of aromatic amines is 1. The molecular formula is C19H22F4N4O. The third-order valence-electron chi connectivity index (χ3n) is 4.98. The van der Waals surface area contributed by atoms with Crippen molar-refractivity contribution >= 4 is 5.91 Å². The minimum absolute atomic E-state index is 0.0284. The van der Waals surface area contributed by atoms with Crippen LogP contribution in [0.4, 0.5) is 17.6 Å². The van der Waals surface area contributed by atoms with Crippen LogP contribution >= 0.6 is 0 Å². The maximum absolute atomic E-state index is 14.3. The summed E-state index contributed by atoms with van der Waals surface area (Å²) in [6, 6.07) is 5.31. The van der Waals surface area contributed by atoms with Crippen molar-refractivity contribution in [1.82, 2.24) is 20.0 Å². The number of alkyl halides is 3. The van der Waals surface area contributed by atoms with Crippen molar-refractivity contribution in [3.8, 4) is 0 Å². The van der Waals surface area contributed by atoms with Crippen LogP contribution in [0, 0.1) is 12.7 Å². The SMILES string of the molecule is Cc1cccc(F)c1CN(CCN1CCCC1)C(=O)c1cc(C(F)(F)F)[nH]n1. The molecule has 9 heteroatoms. The number of hydrogen-bond donors (Lipinski definition) is 1. The van der Waals surface area contributed by atoms with E-state index in [0.29, 0.717) is 23.7 Å². The first-order valence-electron chi connectivity index (χ1n) is 9.14. The molecule has 3 rings (SSSR count). The molecule has 0 aliphatic carbocycles. The molecule has 1 aliphatic heterocycles. The number of carbonyl (C=O) groups excluding carboxylic acids is 1. The van der Waals surface area contributed by atoms with Gasteiger partial charge in [-0.05, 0) is 44.5 Å². The van der Waals surface area contributed by atoms with Gasteiger partial charge in [-0.2, -0.15) is 18.3 Å². The molecule has 2 aromatic rings. The molecular weight excluding hydrogens is 376 g/mol. The maximum atomic E-state index is 14.3. The van der Waals surface area contributed by atoms with E-state index in [1.54, 1.807) is 19.1 Å². The first kappa shape index (κ1) is 20.3. The highest BCUT2D eigenvalue weighted by molar-refractivity contribution is 5.92. The van der Waals surface area contributed by atoms with Crippen molar-refractivity contribution < 1.29 is 22.4 Å². The number of nitrogens with zero attached hydrogens (tertiary/aromatic N) is 3. The Labute approximate surface area is 160 Å². The van der Waals surface area contributed by atoms with Crippen molar-refractivity contribution in [3.05, 3.63) is 52.6 Å². The third kappa shape index (κ3) is 4.70. The second kappa shape index (κ2) is 8.30. The Bertz CT molecular complexity index is 807. The van der Waals surface area contributed by atoms with E-state index in [1.807, 2.05) is 5.10 Å².